The summed E-state index contributed by atoms with van der Waals surface area (Å²) in [4.78, 5) is 32.9. The third-order valence-electron chi connectivity index (χ3n) is 6.31. The summed E-state index contributed by atoms with van der Waals surface area (Å²) in [7, 11) is 4.67. The van der Waals surface area contributed by atoms with E-state index >= 15 is 0 Å². The lowest BCUT2D eigenvalue weighted by Gasteiger charge is -2.23. The predicted molar refractivity (Wildman–Crippen MR) is 142 cm³/mol. The number of thiazole rings is 1. The summed E-state index contributed by atoms with van der Waals surface area (Å²) in [5.74, 6) is 0.0103. The van der Waals surface area contributed by atoms with Crippen LogP contribution in [-0.4, -0.2) is 43.1 Å². The van der Waals surface area contributed by atoms with Crippen LogP contribution in [0.4, 0.5) is 5.13 Å². The van der Waals surface area contributed by atoms with Crippen molar-refractivity contribution < 1.29 is 28.9 Å². The van der Waals surface area contributed by atoms with Crippen LogP contribution < -0.4 is 19.1 Å². The van der Waals surface area contributed by atoms with Crippen LogP contribution in [0.15, 0.2) is 66.2 Å². The number of hydrogen-bond donors (Lipinski definition) is 1. The van der Waals surface area contributed by atoms with Gasteiger partial charge in [-0.2, -0.15) is 0 Å². The molecule has 1 aromatic heterocycles. The molecule has 1 aliphatic heterocycles. The van der Waals surface area contributed by atoms with Crippen LogP contribution in [0.25, 0.3) is 16.0 Å². The minimum Gasteiger partial charge on any atom is -0.507 e. The van der Waals surface area contributed by atoms with Crippen molar-refractivity contribution in [2.45, 2.75) is 13.0 Å². The van der Waals surface area contributed by atoms with Gasteiger partial charge in [-0.3, -0.25) is 14.5 Å². The van der Waals surface area contributed by atoms with Gasteiger partial charge in [0.2, 0.25) is 0 Å². The number of hydrogen-bond acceptors (Lipinski definition) is 8. The molecule has 3 aromatic carbocycles. The van der Waals surface area contributed by atoms with Crippen molar-refractivity contribution in [3.63, 3.8) is 0 Å². The molecule has 5 rings (SSSR count). The van der Waals surface area contributed by atoms with Crippen molar-refractivity contribution in [3.8, 4) is 17.2 Å². The number of aryl methyl sites for hydroxylation is 1. The van der Waals surface area contributed by atoms with Crippen molar-refractivity contribution in [1.29, 1.82) is 0 Å². The molecule has 0 bridgehead atoms. The lowest BCUT2D eigenvalue weighted by atomic mass is 9.94. The summed E-state index contributed by atoms with van der Waals surface area (Å²) >= 11 is 1.26. The van der Waals surface area contributed by atoms with E-state index in [0.717, 1.165) is 10.3 Å². The summed E-state index contributed by atoms with van der Waals surface area (Å²) in [5, 5.41) is 11.7. The monoisotopic (exact) mass is 516 g/mol. The molecular formula is C28H24N2O6S. The summed E-state index contributed by atoms with van der Waals surface area (Å²) in [5.41, 5.74) is 2.41. The Morgan fingerprint density at radius 3 is 2.41 bits per heavy atom. The maximum absolute atomic E-state index is 13.5. The second-order valence-corrected chi connectivity index (χ2v) is 9.47. The van der Waals surface area contributed by atoms with E-state index in [2.05, 4.69) is 4.98 Å². The predicted octanol–water partition coefficient (Wildman–Crippen LogP) is 5.26. The topological polar surface area (TPSA) is 98.2 Å². The molecule has 1 aliphatic rings. The largest absolute Gasteiger partial charge is 0.507 e. The van der Waals surface area contributed by atoms with E-state index in [-0.39, 0.29) is 11.3 Å². The number of amides is 1. The highest BCUT2D eigenvalue weighted by Gasteiger charge is 2.48. The number of nitrogens with zero attached hydrogens (tertiary/aromatic N) is 2. The van der Waals surface area contributed by atoms with E-state index in [1.807, 2.05) is 13.0 Å². The molecule has 4 aromatic rings. The van der Waals surface area contributed by atoms with Gasteiger partial charge in [0.1, 0.15) is 23.0 Å². The van der Waals surface area contributed by atoms with Crippen LogP contribution in [-0.2, 0) is 9.59 Å². The van der Waals surface area contributed by atoms with Gasteiger partial charge in [-0.25, -0.2) is 4.98 Å². The Bertz CT molecular complexity index is 1570. The second kappa shape index (κ2) is 9.59. The zero-order valence-corrected chi connectivity index (χ0v) is 21.5. The van der Waals surface area contributed by atoms with Crippen molar-refractivity contribution in [3.05, 3.63) is 82.9 Å². The molecule has 8 nitrogen and oxygen atoms in total. The van der Waals surface area contributed by atoms with Gasteiger partial charge < -0.3 is 19.3 Å². The van der Waals surface area contributed by atoms with Gasteiger partial charge in [0.25, 0.3) is 5.78 Å². The third kappa shape index (κ3) is 4.17. The maximum atomic E-state index is 13.5. The number of anilines is 1. The summed E-state index contributed by atoms with van der Waals surface area (Å²) in [6.45, 7) is 1.84. The van der Waals surface area contributed by atoms with Crippen molar-refractivity contribution >= 4 is 44.1 Å². The summed E-state index contributed by atoms with van der Waals surface area (Å²) in [6.07, 6.45) is 0. The fourth-order valence-electron chi connectivity index (χ4n) is 4.46. The van der Waals surface area contributed by atoms with Crippen LogP contribution >= 0.6 is 11.3 Å². The third-order valence-corrected chi connectivity index (χ3v) is 7.33. The van der Waals surface area contributed by atoms with Gasteiger partial charge in [-0.15, -0.1) is 0 Å². The average molecular weight is 517 g/mol. The smallest absolute Gasteiger partial charge is 0.301 e. The Labute approximate surface area is 217 Å². The van der Waals surface area contributed by atoms with Crippen molar-refractivity contribution in [2.24, 2.45) is 0 Å². The first-order valence-corrected chi connectivity index (χ1v) is 12.2. The molecule has 1 saturated heterocycles. The lowest BCUT2D eigenvalue weighted by Crippen LogP contribution is -2.29. The van der Waals surface area contributed by atoms with Crippen LogP contribution in [0, 0.1) is 6.92 Å². The Morgan fingerprint density at radius 2 is 1.70 bits per heavy atom. The molecule has 9 heteroatoms. The fraction of sp³-hybridized carbons (Fsp3) is 0.179. The van der Waals surface area contributed by atoms with Crippen LogP contribution in [0.1, 0.15) is 22.7 Å². The first kappa shape index (κ1) is 24.3. The Morgan fingerprint density at radius 1 is 0.946 bits per heavy atom. The van der Waals surface area contributed by atoms with Gasteiger partial charge in [0.15, 0.2) is 5.13 Å². The molecule has 37 heavy (non-hydrogen) atoms. The number of rotatable bonds is 6. The molecule has 2 heterocycles. The number of methoxy groups -OCH3 is 3. The molecule has 1 amide bonds. The minimum absolute atomic E-state index is 0.0281. The SMILES string of the molecule is COc1cccc([C@@H]2/C(=C(\O)c3ccc(OC)c(C)c3)C(=O)C(=O)N2c2nc3ccc(OC)cc3s2)c1. The van der Waals surface area contributed by atoms with Crippen molar-refractivity contribution in [1.82, 2.24) is 4.98 Å². The summed E-state index contributed by atoms with van der Waals surface area (Å²) < 4.78 is 16.8. The molecule has 0 radical (unpaired) electrons. The number of carbonyl (C=O) groups is 2. The zero-order chi connectivity index (χ0) is 26.3. The number of ketones is 1. The first-order valence-electron chi connectivity index (χ1n) is 11.4. The van der Waals surface area contributed by atoms with E-state index in [1.165, 1.54) is 23.3 Å². The van der Waals surface area contributed by atoms with E-state index in [4.69, 9.17) is 14.2 Å². The fourth-order valence-corrected chi connectivity index (χ4v) is 5.48. The molecule has 188 valence electrons. The van der Waals surface area contributed by atoms with Gasteiger partial charge >= 0.3 is 5.91 Å². The zero-order valence-electron chi connectivity index (χ0n) is 20.6. The number of ether oxygens (including phenoxy) is 3. The second-order valence-electron chi connectivity index (χ2n) is 8.46. The van der Waals surface area contributed by atoms with Gasteiger partial charge in [-0.05, 0) is 66.6 Å². The normalized spacial score (nSPS) is 16.9. The number of Topliss-reactive ketones (excluding diaryl/α,β-unsaturated/α-hetero) is 1. The lowest BCUT2D eigenvalue weighted by molar-refractivity contribution is -0.132. The Balaban J connectivity index is 1.72. The van der Waals surface area contributed by atoms with Crippen LogP contribution in [0.2, 0.25) is 0 Å². The van der Waals surface area contributed by atoms with Crippen molar-refractivity contribution in [2.75, 3.05) is 26.2 Å². The highest BCUT2D eigenvalue weighted by Crippen LogP contribution is 2.45. The molecule has 0 unspecified atom stereocenters. The molecule has 0 saturated carbocycles. The van der Waals surface area contributed by atoms with Gasteiger partial charge in [0, 0.05) is 5.56 Å². The van der Waals surface area contributed by atoms with Crippen LogP contribution in [0.5, 0.6) is 17.2 Å². The van der Waals surface area contributed by atoms with E-state index in [1.54, 1.807) is 68.8 Å². The molecule has 1 N–H and O–H groups in total. The molecule has 1 atom stereocenters. The number of benzene rings is 3. The van der Waals surface area contributed by atoms with Crippen LogP contribution in [0.3, 0.4) is 0 Å². The molecule has 0 spiro atoms. The van der Waals surface area contributed by atoms with E-state index in [0.29, 0.717) is 39.0 Å². The number of carbonyl (C=O) groups excluding carboxylic acids is 2. The number of aliphatic hydroxyl groups excluding tert-OH is 1. The quantitative estimate of drug-likeness (QED) is 0.212. The molecule has 1 fully saturated rings. The number of aromatic nitrogens is 1. The van der Waals surface area contributed by atoms with Gasteiger partial charge in [-0.1, -0.05) is 23.5 Å². The molecular weight excluding hydrogens is 492 g/mol. The number of aliphatic hydroxyl groups is 1. The first-order chi connectivity index (χ1) is 17.9. The standard InChI is InChI=1S/C28H24N2O6S/c1-15-12-17(8-11-21(15)36-4)25(31)23-24(16-6-5-7-18(13-16)34-2)30(27(33)26(23)32)28-29-20-10-9-19(35-3)14-22(20)37-28/h5-14,24,31H,1-4H3/b25-23+/t24-/m1/s1. The van der Waals surface area contributed by atoms with Gasteiger partial charge in [0.05, 0.1) is 43.2 Å². The summed E-state index contributed by atoms with van der Waals surface area (Å²) in [6, 6.07) is 16.6. The van der Waals surface area contributed by atoms with E-state index < -0.39 is 17.7 Å². The van der Waals surface area contributed by atoms with E-state index in [9.17, 15) is 14.7 Å². The Kier molecular flexibility index (Phi) is 6.31. The minimum atomic E-state index is -0.917. The molecule has 0 aliphatic carbocycles. The highest BCUT2D eigenvalue weighted by molar-refractivity contribution is 7.22. The highest BCUT2D eigenvalue weighted by atomic mass is 32.1. The Hall–Kier alpha value is -4.37. The number of fused-ring (bicyclic) bond motifs is 1. The average Bonchev–Trinajstić information content (AvgIpc) is 3.45. The maximum Gasteiger partial charge on any atom is 0.301 e.